The van der Waals surface area contributed by atoms with Gasteiger partial charge >= 0.3 is 0 Å². The Kier molecular flexibility index (Phi) is 6.32. The van der Waals surface area contributed by atoms with Crippen LogP contribution in [-0.2, 0) is 0 Å². The molecular weight excluding hydrogens is 287 g/mol. The summed E-state index contributed by atoms with van der Waals surface area (Å²) in [4.78, 5) is 0. The van der Waals surface area contributed by atoms with E-state index in [4.69, 9.17) is 5.73 Å². The Bertz CT molecular complexity index is 320. The van der Waals surface area contributed by atoms with Gasteiger partial charge in [0.1, 0.15) is 0 Å². The summed E-state index contributed by atoms with van der Waals surface area (Å²) >= 11 is 3.31. The fourth-order valence-electron chi connectivity index (χ4n) is 1.25. The topological polar surface area (TPSA) is 26.0 Å². The number of halogens is 4. The van der Waals surface area contributed by atoms with Gasteiger partial charge in [-0.2, -0.15) is 0 Å². The van der Waals surface area contributed by atoms with E-state index in [-0.39, 0.29) is 18.8 Å². The van der Waals surface area contributed by atoms with Crippen molar-refractivity contribution in [2.45, 2.75) is 25.8 Å². The summed E-state index contributed by atoms with van der Waals surface area (Å²) in [6, 6.07) is 4.92. The first kappa shape index (κ1) is 14.8. The molecule has 2 N–H and O–H groups in total. The maximum absolute atomic E-state index is 12.1. The Morgan fingerprint density at radius 2 is 2.00 bits per heavy atom. The third-order valence-corrected chi connectivity index (χ3v) is 2.67. The standard InChI is InChI=1S/C10H12BrF2N.ClH/c1-6-2-3-7(8(11)4-6)9(14)5-10(12)13;/h2-4,9-10H,5,14H2,1H3;1H/t9-;/m1./s1. The van der Waals surface area contributed by atoms with E-state index in [1.165, 1.54) is 0 Å². The normalized spacial score (nSPS) is 12.4. The van der Waals surface area contributed by atoms with Crippen molar-refractivity contribution >= 4 is 28.3 Å². The van der Waals surface area contributed by atoms with Crippen LogP contribution in [0.1, 0.15) is 23.6 Å². The van der Waals surface area contributed by atoms with E-state index in [1.807, 2.05) is 19.1 Å². The van der Waals surface area contributed by atoms with Gasteiger partial charge in [0.05, 0.1) is 0 Å². The molecule has 86 valence electrons. The molecule has 0 aliphatic rings. The summed E-state index contributed by atoms with van der Waals surface area (Å²) in [5.41, 5.74) is 7.44. The Morgan fingerprint density at radius 1 is 1.40 bits per heavy atom. The lowest BCUT2D eigenvalue weighted by Crippen LogP contribution is -2.14. The van der Waals surface area contributed by atoms with Gasteiger partial charge in [-0.05, 0) is 24.1 Å². The van der Waals surface area contributed by atoms with Crippen LogP contribution in [0.2, 0.25) is 0 Å². The third kappa shape index (κ3) is 4.45. The van der Waals surface area contributed by atoms with Crippen LogP contribution in [0.4, 0.5) is 8.78 Å². The summed E-state index contributed by atoms with van der Waals surface area (Å²) in [5.74, 6) is 0. The van der Waals surface area contributed by atoms with Crippen molar-refractivity contribution in [2.75, 3.05) is 0 Å². The van der Waals surface area contributed by atoms with E-state index in [0.717, 1.165) is 15.6 Å². The van der Waals surface area contributed by atoms with E-state index >= 15 is 0 Å². The summed E-state index contributed by atoms with van der Waals surface area (Å²) in [6.07, 6.45) is -2.67. The van der Waals surface area contributed by atoms with Crippen LogP contribution in [0.3, 0.4) is 0 Å². The molecule has 0 heterocycles. The molecule has 15 heavy (non-hydrogen) atoms. The Labute approximate surface area is 103 Å². The maximum Gasteiger partial charge on any atom is 0.240 e. The highest BCUT2D eigenvalue weighted by Gasteiger charge is 2.14. The van der Waals surface area contributed by atoms with Gasteiger partial charge in [0.15, 0.2) is 0 Å². The first-order valence-corrected chi connectivity index (χ1v) is 5.09. The monoisotopic (exact) mass is 299 g/mol. The fraction of sp³-hybridized carbons (Fsp3) is 0.400. The molecule has 0 bridgehead atoms. The molecule has 0 saturated carbocycles. The second-order valence-electron chi connectivity index (χ2n) is 3.26. The molecule has 5 heteroatoms. The summed E-state index contributed by atoms with van der Waals surface area (Å²) in [5, 5.41) is 0. The minimum atomic E-state index is -2.36. The van der Waals surface area contributed by atoms with Crippen LogP contribution in [0.5, 0.6) is 0 Å². The SMILES string of the molecule is Cc1ccc([C@H](N)CC(F)F)c(Br)c1.Cl. The zero-order chi connectivity index (χ0) is 10.7. The number of benzene rings is 1. The lowest BCUT2D eigenvalue weighted by Gasteiger charge is -2.13. The number of alkyl halides is 2. The lowest BCUT2D eigenvalue weighted by molar-refractivity contribution is 0.128. The second-order valence-corrected chi connectivity index (χ2v) is 4.11. The summed E-state index contributed by atoms with van der Waals surface area (Å²) in [6.45, 7) is 1.94. The highest BCUT2D eigenvalue weighted by molar-refractivity contribution is 9.10. The van der Waals surface area contributed by atoms with Crippen molar-refractivity contribution in [3.8, 4) is 0 Å². The van der Waals surface area contributed by atoms with Gasteiger partial charge in [-0.15, -0.1) is 12.4 Å². The second kappa shape index (κ2) is 6.40. The zero-order valence-corrected chi connectivity index (χ0v) is 10.6. The van der Waals surface area contributed by atoms with Crippen molar-refractivity contribution in [3.05, 3.63) is 33.8 Å². The number of rotatable bonds is 3. The van der Waals surface area contributed by atoms with Crippen LogP contribution >= 0.6 is 28.3 Å². The number of aryl methyl sites for hydroxylation is 1. The molecule has 0 radical (unpaired) electrons. The fourth-order valence-corrected chi connectivity index (χ4v) is 2.04. The van der Waals surface area contributed by atoms with Crippen LogP contribution in [-0.4, -0.2) is 6.43 Å². The zero-order valence-electron chi connectivity index (χ0n) is 8.21. The van der Waals surface area contributed by atoms with Crippen molar-refractivity contribution < 1.29 is 8.78 Å². The molecule has 0 unspecified atom stereocenters. The molecule has 1 aromatic rings. The predicted molar refractivity (Wildman–Crippen MR) is 63.7 cm³/mol. The molecule has 1 atom stereocenters. The number of hydrogen-bond donors (Lipinski definition) is 1. The largest absolute Gasteiger partial charge is 0.324 e. The van der Waals surface area contributed by atoms with E-state index in [2.05, 4.69) is 15.9 Å². The third-order valence-electron chi connectivity index (χ3n) is 1.99. The Hall–Kier alpha value is -0.190. The van der Waals surface area contributed by atoms with Crippen LogP contribution < -0.4 is 5.73 Å². The van der Waals surface area contributed by atoms with Crippen LogP contribution in [0.25, 0.3) is 0 Å². The van der Waals surface area contributed by atoms with Crippen molar-refractivity contribution in [1.29, 1.82) is 0 Å². The maximum atomic E-state index is 12.1. The van der Waals surface area contributed by atoms with Gasteiger partial charge in [0.2, 0.25) is 6.43 Å². The molecule has 0 aliphatic heterocycles. The predicted octanol–water partition coefficient (Wildman–Crippen LogP) is 3.83. The summed E-state index contributed by atoms with van der Waals surface area (Å²) in [7, 11) is 0. The first-order chi connectivity index (χ1) is 6.50. The van der Waals surface area contributed by atoms with E-state index in [0.29, 0.717) is 0 Å². The molecule has 0 spiro atoms. The molecule has 0 aliphatic carbocycles. The average molecular weight is 301 g/mol. The lowest BCUT2D eigenvalue weighted by atomic mass is 10.0. The van der Waals surface area contributed by atoms with E-state index in [9.17, 15) is 8.78 Å². The summed E-state index contributed by atoms with van der Waals surface area (Å²) < 4.78 is 25.0. The van der Waals surface area contributed by atoms with Gasteiger partial charge in [0, 0.05) is 16.9 Å². The van der Waals surface area contributed by atoms with E-state index < -0.39 is 12.5 Å². The van der Waals surface area contributed by atoms with Gasteiger partial charge in [-0.1, -0.05) is 28.1 Å². The van der Waals surface area contributed by atoms with Crippen molar-refractivity contribution in [1.82, 2.24) is 0 Å². The number of hydrogen-bond acceptors (Lipinski definition) is 1. The molecule has 0 amide bonds. The first-order valence-electron chi connectivity index (χ1n) is 4.30. The van der Waals surface area contributed by atoms with Gasteiger partial charge in [-0.3, -0.25) is 0 Å². The Morgan fingerprint density at radius 3 is 2.47 bits per heavy atom. The Balaban J connectivity index is 0.00000196. The van der Waals surface area contributed by atoms with Crippen molar-refractivity contribution in [2.24, 2.45) is 5.73 Å². The molecule has 0 aromatic heterocycles. The van der Waals surface area contributed by atoms with Gasteiger partial charge in [-0.25, -0.2) is 8.78 Å². The minimum absolute atomic E-state index is 0. The molecule has 1 nitrogen and oxygen atoms in total. The average Bonchev–Trinajstić information content (AvgIpc) is 2.01. The molecule has 1 rings (SSSR count). The smallest absolute Gasteiger partial charge is 0.240 e. The van der Waals surface area contributed by atoms with Crippen molar-refractivity contribution in [3.63, 3.8) is 0 Å². The van der Waals surface area contributed by atoms with Gasteiger partial charge < -0.3 is 5.73 Å². The van der Waals surface area contributed by atoms with E-state index in [1.54, 1.807) is 6.07 Å². The highest BCUT2D eigenvalue weighted by Crippen LogP contribution is 2.26. The van der Waals surface area contributed by atoms with Crippen LogP contribution in [0, 0.1) is 6.92 Å². The number of nitrogens with two attached hydrogens (primary N) is 1. The molecule has 0 saturated heterocycles. The minimum Gasteiger partial charge on any atom is -0.324 e. The van der Waals surface area contributed by atoms with Gasteiger partial charge in [0.25, 0.3) is 0 Å². The molecule has 1 aromatic carbocycles. The molecular formula is C10H13BrClF2N. The quantitative estimate of drug-likeness (QED) is 0.902. The molecule has 0 fully saturated rings. The van der Waals surface area contributed by atoms with Crippen LogP contribution in [0.15, 0.2) is 22.7 Å². The highest BCUT2D eigenvalue weighted by atomic mass is 79.9.